The molecule has 0 atom stereocenters. The molecule has 0 aliphatic carbocycles. The highest BCUT2D eigenvalue weighted by atomic mass is 35.5. The van der Waals surface area contributed by atoms with Crippen molar-refractivity contribution in [3.8, 4) is 0 Å². The fourth-order valence-electron chi connectivity index (χ4n) is 2.09. The zero-order valence-electron chi connectivity index (χ0n) is 12.1. The van der Waals surface area contributed by atoms with Crippen molar-refractivity contribution >= 4 is 29.2 Å². The van der Waals surface area contributed by atoms with Crippen molar-refractivity contribution in [3.05, 3.63) is 69.7 Å². The van der Waals surface area contributed by atoms with Crippen LogP contribution < -0.4 is 10.6 Å². The highest BCUT2D eigenvalue weighted by Gasteiger charge is 2.03. The molecular weight excluding hydrogens is 319 g/mol. The molecule has 0 aliphatic heterocycles. The molecule has 116 valence electrons. The molecule has 3 nitrogen and oxygen atoms in total. The van der Waals surface area contributed by atoms with Gasteiger partial charge in [0.25, 0.3) is 0 Å². The Hall–Kier alpha value is -1.71. The van der Waals surface area contributed by atoms with Crippen LogP contribution in [0.25, 0.3) is 0 Å². The first-order valence-corrected chi connectivity index (χ1v) is 7.91. The Bertz CT molecular complexity index is 578. The monoisotopic (exact) mass is 336 g/mol. The SMILES string of the molecule is O=C(NCCc1ccccc1Cl)NCCc1ccccc1Cl. The van der Waals surface area contributed by atoms with Crippen LogP contribution in [0.2, 0.25) is 10.0 Å². The van der Waals surface area contributed by atoms with Crippen molar-refractivity contribution in [3.63, 3.8) is 0 Å². The summed E-state index contributed by atoms with van der Waals surface area (Å²) < 4.78 is 0. The number of nitrogens with one attached hydrogen (secondary N) is 2. The number of rotatable bonds is 6. The first-order chi connectivity index (χ1) is 10.7. The molecule has 0 bridgehead atoms. The number of benzene rings is 2. The Morgan fingerprint density at radius 2 is 1.18 bits per heavy atom. The first kappa shape index (κ1) is 16.7. The smallest absolute Gasteiger partial charge is 0.314 e. The summed E-state index contributed by atoms with van der Waals surface area (Å²) in [5.41, 5.74) is 2.06. The maximum Gasteiger partial charge on any atom is 0.314 e. The van der Waals surface area contributed by atoms with Gasteiger partial charge in [-0.1, -0.05) is 59.6 Å². The topological polar surface area (TPSA) is 41.1 Å². The third-order valence-corrected chi connectivity index (χ3v) is 4.01. The van der Waals surface area contributed by atoms with Crippen LogP contribution in [0, 0.1) is 0 Å². The first-order valence-electron chi connectivity index (χ1n) is 7.15. The van der Waals surface area contributed by atoms with Crippen molar-refractivity contribution in [2.45, 2.75) is 12.8 Å². The van der Waals surface area contributed by atoms with Crippen LogP contribution in [0.1, 0.15) is 11.1 Å². The Balaban J connectivity index is 1.66. The van der Waals surface area contributed by atoms with Crippen LogP contribution in [0.3, 0.4) is 0 Å². The predicted molar refractivity (Wildman–Crippen MR) is 91.7 cm³/mol. The Morgan fingerprint density at radius 3 is 1.59 bits per heavy atom. The molecule has 0 radical (unpaired) electrons. The van der Waals surface area contributed by atoms with E-state index in [1.807, 2.05) is 48.5 Å². The third kappa shape index (κ3) is 5.24. The van der Waals surface area contributed by atoms with E-state index in [1.54, 1.807) is 0 Å². The predicted octanol–water partition coefficient (Wildman–Crippen LogP) is 4.08. The molecule has 2 N–H and O–H groups in total. The molecule has 5 heteroatoms. The van der Waals surface area contributed by atoms with Crippen LogP contribution in [0.4, 0.5) is 4.79 Å². The molecule has 0 aromatic heterocycles. The van der Waals surface area contributed by atoms with Crippen LogP contribution in [0.5, 0.6) is 0 Å². The second kappa shape index (κ2) is 8.66. The van der Waals surface area contributed by atoms with E-state index in [4.69, 9.17) is 23.2 Å². The fourth-order valence-corrected chi connectivity index (χ4v) is 2.55. The highest BCUT2D eigenvalue weighted by Crippen LogP contribution is 2.15. The number of carbonyl (C=O) groups is 1. The summed E-state index contributed by atoms with van der Waals surface area (Å²) in [4.78, 5) is 11.7. The van der Waals surface area contributed by atoms with Crippen LogP contribution in [0.15, 0.2) is 48.5 Å². The largest absolute Gasteiger partial charge is 0.338 e. The normalized spacial score (nSPS) is 10.3. The van der Waals surface area contributed by atoms with Gasteiger partial charge in [-0.15, -0.1) is 0 Å². The second-order valence-corrected chi connectivity index (χ2v) is 5.68. The summed E-state index contributed by atoms with van der Waals surface area (Å²) in [7, 11) is 0. The lowest BCUT2D eigenvalue weighted by atomic mass is 10.1. The molecule has 0 saturated heterocycles. The van der Waals surface area contributed by atoms with Gasteiger partial charge in [-0.2, -0.15) is 0 Å². The van der Waals surface area contributed by atoms with Crippen molar-refractivity contribution in [2.24, 2.45) is 0 Å². The van der Waals surface area contributed by atoms with Gasteiger partial charge in [0.05, 0.1) is 0 Å². The van der Waals surface area contributed by atoms with E-state index in [9.17, 15) is 4.79 Å². The Kier molecular flexibility index (Phi) is 6.56. The molecule has 0 aliphatic rings. The minimum atomic E-state index is -0.181. The van der Waals surface area contributed by atoms with Gasteiger partial charge in [0.15, 0.2) is 0 Å². The fraction of sp³-hybridized carbons (Fsp3) is 0.235. The van der Waals surface area contributed by atoms with Crippen molar-refractivity contribution < 1.29 is 4.79 Å². The van der Waals surface area contributed by atoms with Crippen LogP contribution in [-0.2, 0) is 12.8 Å². The molecule has 2 aromatic rings. The number of hydrogen-bond acceptors (Lipinski definition) is 1. The Labute approximate surface area is 140 Å². The van der Waals surface area contributed by atoms with Gasteiger partial charge >= 0.3 is 6.03 Å². The van der Waals surface area contributed by atoms with E-state index >= 15 is 0 Å². The molecule has 2 amide bonds. The summed E-state index contributed by atoms with van der Waals surface area (Å²) in [5.74, 6) is 0. The number of amides is 2. The zero-order valence-corrected chi connectivity index (χ0v) is 13.6. The molecule has 0 spiro atoms. The standard InChI is InChI=1S/C17H18Cl2N2O/c18-15-7-3-1-5-13(15)9-11-20-17(22)21-12-10-14-6-2-4-8-16(14)19/h1-8H,9-12H2,(H2,20,21,22). The van der Waals surface area contributed by atoms with E-state index in [1.165, 1.54) is 0 Å². The number of hydrogen-bond donors (Lipinski definition) is 2. The highest BCUT2D eigenvalue weighted by molar-refractivity contribution is 6.31. The van der Waals surface area contributed by atoms with E-state index < -0.39 is 0 Å². The number of urea groups is 1. The van der Waals surface area contributed by atoms with Gasteiger partial charge in [0.1, 0.15) is 0 Å². The van der Waals surface area contributed by atoms with Gasteiger partial charge in [-0.05, 0) is 36.1 Å². The minimum absolute atomic E-state index is 0.181. The molecule has 0 fully saturated rings. The van der Waals surface area contributed by atoms with Gasteiger partial charge in [-0.25, -0.2) is 4.79 Å². The quantitative estimate of drug-likeness (QED) is 0.819. The molecule has 22 heavy (non-hydrogen) atoms. The maximum absolute atomic E-state index is 11.7. The lowest BCUT2D eigenvalue weighted by molar-refractivity contribution is 0.241. The van der Waals surface area contributed by atoms with Crippen LogP contribution >= 0.6 is 23.2 Å². The van der Waals surface area contributed by atoms with Crippen molar-refractivity contribution in [1.82, 2.24) is 10.6 Å². The zero-order chi connectivity index (χ0) is 15.8. The average Bonchev–Trinajstić information content (AvgIpc) is 2.51. The second-order valence-electron chi connectivity index (χ2n) is 4.87. The summed E-state index contributed by atoms with van der Waals surface area (Å²) in [6.07, 6.45) is 1.41. The molecule has 2 rings (SSSR count). The summed E-state index contributed by atoms with van der Waals surface area (Å²) >= 11 is 12.1. The van der Waals surface area contributed by atoms with Crippen molar-refractivity contribution in [2.75, 3.05) is 13.1 Å². The molecular formula is C17H18Cl2N2O. The summed E-state index contributed by atoms with van der Waals surface area (Å²) in [6.45, 7) is 1.09. The van der Waals surface area contributed by atoms with Crippen molar-refractivity contribution in [1.29, 1.82) is 0 Å². The Morgan fingerprint density at radius 1 is 0.773 bits per heavy atom. The van der Waals surface area contributed by atoms with E-state index in [2.05, 4.69) is 10.6 Å². The molecule has 0 unspecified atom stereocenters. The van der Waals surface area contributed by atoms with Gasteiger partial charge < -0.3 is 10.6 Å². The summed E-state index contributed by atoms with van der Waals surface area (Å²) in [6, 6.07) is 15.1. The maximum atomic E-state index is 11.7. The lowest BCUT2D eigenvalue weighted by Gasteiger charge is -2.09. The van der Waals surface area contributed by atoms with Gasteiger partial charge in [-0.3, -0.25) is 0 Å². The number of carbonyl (C=O) groups excluding carboxylic acids is 1. The average molecular weight is 337 g/mol. The molecule has 2 aromatic carbocycles. The van der Waals surface area contributed by atoms with E-state index in [0.717, 1.165) is 21.2 Å². The number of halogens is 2. The van der Waals surface area contributed by atoms with Gasteiger partial charge in [0.2, 0.25) is 0 Å². The van der Waals surface area contributed by atoms with E-state index in [0.29, 0.717) is 25.9 Å². The minimum Gasteiger partial charge on any atom is -0.338 e. The summed E-state index contributed by atoms with van der Waals surface area (Å²) in [5, 5.41) is 7.09. The van der Waals surface area contributed by atoms with Crippen LogP contribution in [-0.4, -0.2) is 19.1 Å². The molecule has 0 saturated carbocycles. The third-order valence-electron chi connectivity index (χ3n) is 3.28. The molecule has 0 heterocycles. The van der Waals surface area contributed by atoms with Gasteiger partial charge in [0, 0.05) is 23.1 Å². The lowest BCUT2D eigenvalue weighted by Crippen LogP contribution is -2.37. The van der Waals surface area contributed by atoms with E-state index in [-0.39, 0.29) is 6.03 Å².